The van der Waals surface area contributed by atoms with Crippen molar-refractivity contribution in [1.29, 1.82) is 0 Å². The Hall–Kier alpha value is -0.520. The highest BCUT2D eigenvalue weighted by atomic mass is 79.9. The molecule has 1 N–H and O–H groups in total. The summed E-state index contributed by atoms with van der Waals surface area (Å²) >= 11 is 3.39. The summed E-state index contributed by atoms with van der Waals surface area (Å²) in [6.45, 7) is 2.00. The largest absolute Gasteiger partial charge is 0.345 e. The zero-order valence-corrected chi connectivity index (χ0v) is 13.1. The third-order valence-electron chi connectivity index (χ3n) is 3.37. The highest BCUT2D eigenvalue weighted by molar-refractivity contribution is 9.10. The smallest absolute Gasteiger partial charge is 0.270 e. The summed E-state index contributed by atoms with van der Waals surface area (Å²) in [6, 6.07) is 2.23. The molecule has 1 aliphatic rings. The number of nitrogens with zero attached hydrogens (tertiary/aromatic N) is 2. The van der Waals surface area contributed by atoms with Gasteiger partial charge < -0.3 is 14.8 Å². The summed E-state index contributed by atoms with van der Waals surface area (Å²) in [5.74, 6) is 0.102. The minimum absolute atomic E-state index is 0. The van der Waals surface area contributed by atoms with Crippen LogP contribution in [-0.2, 0) is 7.05 Å². The Balaban J connectivity index is 0.00000162. The molecule has 1 amide bonds. The molecular weight excluding hydrogens is 318 g/mol. The molecule has 0 bridgehead atoms. The molecule has 1 aromatic rings. The van der Waals surface area contributed by atoms with Crippen LogP contribution in [0.25, 0.3) is 0 Å². The molecular formula is C12H19BrClN3O. The van der Waals surface area contributed by atoms with Crippen LogP contribution in [-0.4, -0.2) is 41.6 Å². The van der Waals surface area contributed by atoms with E-state index >= 15 is 0 Å². The lowest BCUT2D eigenvalue weighted by Gasteiger charge is -2.31. The second kappa shape index (κ2) is 6.59. The number of amides is 1. The molecule has 18 heavy (non-hydrogen) atoms. The van der Waals surface area contributed by atoms with E-state index in [0.29, 0.717) is 6.04 Å². The van der Waals surface area contributed by atoms with E-state index in [9.17, 15) is 4.79 Å². The average molecular weight is 337 g/mol. The monoisotopic (exact) mass is 335 g/mol. The lowest BCUT2D eigenvalue weighted by atomic mass is 10.1. The second-order valence-corrected chi connectivity index (χ2v) is 5.47. The quantitative estimate of drug-likeness (QED) is 0.897. The Morgan fingerprint density at radius 1 is 1.50 bits per heavy atom. The Morgan fingerprint density at radius 2 is 2.11 bits per heavy atom. The molecule has 1 fully saturated rings. The van der Waals surface area contributed by atoms with Crippen LogP contribution in [0.3, 0.4) is 0 Å². The number of hydrogen-bond acceptors (Lipinski definition) is 2. The van der Waals surface area contributed by atoms with Gasteiger partial charge in [0.2, 0.25) is 0 Å². The lowest BCUT2D eigenvalue weighted by molar-refractivity contribution is 0.0693. The topological polar surface area (TPSA) is 37.3 Å². The van der Waals surface area contributed by atoms with E-state index in [-0.39, 0.29) is 18.3 Å². The standard InChI is InChI=1S/C12H18BrN3O.ClH/c1-15-8-9(13)7-11(15)12(17)16(2)10-3-5-14-6-4-10;/h7-8,10,14H,3-6H2,1-2H3;1H. The fourth-order valence-corrected chi connectivity index (χ4v) is 2.80. The van der Waals surface area contributed by atoms with Crippen molar-refractivity contribution >= 4 is 34.2 Å². The fourth-order valence-electron chi connectivity index (χ4n) is 2.28. The molecule has 0 spiro atoms. The van der Waals surface area contributed by atoms with E-state index in [1.54, 1.807) is 0 Å². The molecule has 2 rings (SSSR count). The van der Waals surface area contributed by atoms with Gasteiger partial charge in [0.1, 0.15) is 5.69 Å². The predicted molar refractivity (Wildman–Crippen MR) is 78.3 cm³/mol. The minimum Gasteiger partial charge on any atom is -0.345 e. The van der Waals surface area contributed by atoms with Gasteiger partial charge >= 0.3 is 0 Å². The Morgan fingerprint density at radius 3 is 2.61 bits per heavy atom. The molecule has 102 valence electrons. The summed E-state index contributed by atoms with van der Waals surface area (Å²) < 4.78 is 2.81. The SMILES string of the molecule is CN(C(=O)c1cc(Br)cn1C)C1CCNCC1.Cl. The van der Waals surface area contributed by atoms with Gasteiger partial charge in [-0.05, 0) is 47.9 Å². The van der Waals surface area contributed by atoms with Crippen molar-refractivity contribution in [3.63, 3.8) is 0 Å². The maximum absolute atomic E-state index is 12.3. The number of piperidine rings is 1. The van der Waals surface area contributed by atoms with Crippen molar-refractivity contribution < 1.29 is 4.79 Å². The predicted octanol–water partition coefficient (Wildman–Crippen LogP) is 2.03. The van der Waals surface area contributed by atoms with Crippen LogP contribution in [0.5, 0.6) is 0 Å². The van der Waals surface area contributed by atoms with E-state index in [0.717, 1.165) is 36.1 Å². The van der Waals surface area contributed by atoms with E-state index in [2.05, 4.69) is 21.2 Å². The molecule has 1 aromatic heterocycles. The average Bonchev–Trinajstić information content (AvgIpc) is 2.68. The van der Waals surface area contributed by atoms with Crippen LogP contribution in [0, 0.1) is 0 Å². The van der Waals surface area contributed by atoms with Crippen molar-refractivity contribution in [3.05, 3.63) is 22.4 Å². The summed E-state index contributed by atoms with van der Waals surface area (Å²) in [6.07, 6.45) is 3.98. The molecule has 0 radical (unpaired) electrons. The van der Waals surface area contributed by atoms with Crippen LogP contribution >= 0.6 is 28.3 Å². The molecule has 6 heteroatoms. The molecule has 0 aromatic carbocycles. The molecule has 4 nitrogen and oxygen atoms in total. The number of aryl methyl sites for hydroxylation is 1. The highest BCUT2D eigenvalue weighted by Crippen LogP contribution is 2.18. The molecule has 0 saturated carbocycles. The normalized spacial score (nSPS) is 16.2. The number of carbonyl (C=O) groups is 1. The third-order valence-corrected chi connectivity index (χ3v) is 3.80. The van der Waals surface area contributed by atoms with Crippen molar-refractivity contribution in [3.8, 4) is 0 Å². The number of aromatic nitrogens is 1. The van der Waals surface area contributed by atoms with Crippen molar-refractivity contribution in [2.75, 3.05) is 20.1 Å². The van der Waals surface area contributed by atoms with E-state index in [4.69, 9.17) is 0 Å². The number of carbonyl (C=O) groups excluding carboxylic acids is 1. The maximum Gasteiger partial charge on any atom is 0.270 e. The van der Waals surface area contributed by atoms with Gasteiger partial charge in [0.05, 0.1) is 0 Å². The van der Waals surface area contributed by atoms with E-state index < -0.39 is 0 Å². The Kier molecular flexibility index (Phi) is 5.69. The first kappa shape index (κ1) is 15.5. The van der Waals surface area contributed by atoms with Crippen LogP contribution in [0.15, 0.2) is 16.7 Å². The third kappa shape index (κ3) is 3.28. The van der Waals surface area contributed by atoms with Gasteiger partial charge in [0.25, 0.3) is 5.91 Å². The number of halogens is 2. The van der Waals surface area contributed by atoms with Gasteiger partial charge in [0.15, 0.2) is 0 Å². The maximum atomic E-state index is 12.3. The first-order valence-corrected chi connectivity index (χ1v) is 6.68. The van der Waals surface area contributed by atoms with Crippen molar-refractivity contribution in [1.82, 2.24) is 14.8 Å². The minimum atomic E-state index is 0. The molecule has 1 saturated heterocycles. The van der Waals surface area contributed by atoms with Gasteiger partial charge in [-0.1, -0.05) is 0 Å². The summed E-state index contributed by atoms with van der Waals surface area (Å²) in [5, 5.41) is 3.31. The van der Waals surface area contributed by atoms with Gasteiger partial charge in [-0.15, -0.1) is 12.4 Å². The van der Waals surface area contributed by atoms with Gasteiger partial charge in [-0.25, -0.2) is 0 Å². The summed E-state index contributed by atoms with van der Waals surface area (Å²) in [4.78, 5) is 14.2. The van der Waals surface area contributed by atoms with Gasteiger partial charge in [-0.2, -0.15) is 0 Å². The first-order chi connectivity index (χ1) is 8.09. The molecule has 1 aliphatic heterocycles. The van der Waals surface area contributed by atoms with Crippen molar-refractivity contribution in [2.45, 2.75) is 18.9 Å². The zero-order chi connectivity index (χ0) is 12.4. The van der Waals surface area contributed by atoms with E-state index in [1.807, 2.05) is 35.8 Å². The number of hydrogen-bond donors (Lipinski definition) is 1. The first-order valence-electron chi connectivity index (χ1n) is 5.89. The lowest BCUT2D eigenvalue weighted by Crippen LogP contribution is -2.44. The molecule has 2 heterocycles. The van der Waals surface area contributed by atoms with Gasteiger partial charge in [0, 0.05) is 30.8 Å². The summed E-state index contributed by atoms with van der Waals surface area (Å²) in [5.41, 5.74) is 0.734. The van der Waals surface area contributed by atoms with Crippen LogP contribution < -0.4 is 5.32 Å². The second-order valence-electron chi connectivity index (χ2n) is 4.55. The zero-order valence-electron chi connectivity index (χ0n) is 10.6. The highest BCUT2D eigenvalue weighted by Gasteiger charge is 2.24. The number of nitrogens with one attached hydrogen (secondary N) is 1. The molecule has 0 atom stereocenters. The van der Waals surface area contributed by atoms with Gasteiger partial charge in [-0.3, -0.25) is 4.79 Å². The Bertz CT molecular complexity index is 415. The fraction of sp³-hybridized carbons (Fsp3) is 0.583. The summed E-state index contributed by atoms with van der Waals surface area (Å²) in [7, 11) is 3.80. The van der Waals surface area contributed by atoms with Crippen LogP contribution in [0.4, 0.5) is 0 Å². The molecule has 0 unspecified atom stereocenters. The van der Waals surface area contributed by atoms with Crippen LogP contribution in [0.1, 0.15) is 23.3 Å². The number of rotatable bonds is 2. The molecule has 0 aliphatic carbocycles. The van der Waals surface area contributed by atoms with Crippen molar-refractivity contribution in [2.24, 2.45) is 7.05 Å². The Labute approximate surface area is 122 Å². The van der Waals surface area contributed by atoms with E-state index in [1.165, 1.54) is 0 Å². The van der Waals surface area contributed by atoms with Crippen LogP contribution in [0.2, 0.25) is 0 Å².